The topological polar surface area (TPSA) is 98.7 Å². The summed E-state index contributed by atoms with van der Waals surface area (Å²) in [5, 5.41) is 30.6. The van der Waals surface area contributed by atoms with Crippen LogP contribution in [0, 0.1) is 0 Å². The number of nitrogens with one attached hydrogen (secondary N) is 2. The van der Waals surface area contributed by atoms with Gasteiger partial charge in [0.1, 0.15) is 29.9 Å². The second-order valence-corrected chi connectivity index (χ2v) is 11.7. The van der Waals surface area contributed by atoms with Crippen LogP contribution in [0.3, 0.4) is 0 Å². The molecule has 0 aliphatic carbocycles. The Morgan fingerprint density at radius 2 is 1.16 bits per heavy atom. The molecule has 1 heterocycles. The summed E-state index contributed by atoms with van der Waals surface area (Å²) in [5.41, 5.74) is 0.585. The van der Waals surface area contributed by atoms with Crippen LogP contribution in [-0.2, 0) is 9.53 Å². The Bertz CT molecular complexity index is 880. The zero-order valence-electron chi connectivity index (χ0n) is 24.8. The van der Waals surface area contributed by atoms with Gasteiger partial charge in [0.2, 0.25) is 0 Å². The molecule has 1 fully saturated rings. The summed E-state index contributed by atoms with van der Waals surface area (Å²) >= 11 is 0. The third-order valence-corrected chi connectivity index (χ3v) is 7.42. The van der Waals surface area contributed by atoms with Crippen LogP contribution in [0.4, 0.5) is 0 Å². The molecular formula is C31H51N2O5+. The quantitative estimate of drug-likeness (QED) is 0.427. The lowest BCUT2D eigenvalue weighted by Gasteiger charge is -2.43. The van der Waals surface area contributed by atoms with E-state index in [1.807, 2.05) is 88.4 Å². The van der Waals surface area contributed by atoms with Crippen molar-refractivity contribution in [2.24, 2.45) is 0 Å². The van der Waals surface area contributed by atoms with Gasteiger partial charge in [0, 0.05) is 0 Å². The smallest absolute Gasteiger partial charge is 0.130 e. The minimum absolute atomic E-state index is 0.224. The summed E-state index contributed by atoms with van der Waals surface area (Å²) in [6.07, 6.45) is 1.61. The molecule has 7 nitrogen and oxygen atoms in total. The number of benzene rings is 2. The van der Waals surface area contributed by atoms with E-state index in [-0.39, 0.29) is 29.9 Å². The van der Waals surface area contributed by atoms with E-state index < -0.39 is 11.6 Å². The first kappa shape index (κ1) is 33.7. The SMILES string of the molecule is CC1(C)CCC[C@@](C)(C(=O)[O-])O1.C[C@H](C(O)c1ccccc1)[NH+](C)C.C[C@H](C(O)c1ccccc1)[NH+](C)C. The zero-order valence-corrected chi connectivity index (χ0v) is 24.8. The van der Waals surface area contributed by atoms with Gasteiger partial charge in [0.15, 0.2) is 0 Å². The van der Waals surface area contributed by atoms with E-state index in [9.17, 15) is 20.1 Å². The first-order valence-electron chi connectivity index (χ1n) is 13.6. The fourth-order valence-electron chi connectivity index (χ4n) is 4.22. The van der Waals surface area contributed by atoms with Crippen LogP contribution in [0.25, 0.3) is 0 Å². The van der Waals surface area contributed by atoms with Gasteiger partial charge in [-0.2, -0.15) is 0 Å². The molecule has 0 saturated carbocycles. The molecule has 2 aromatic carbocycles. The number of aliphatic carboxylic acids is 1. The molecule has 4 N–H and O–H groups in total. The fraction of sp³-hybridized carbons (Fsp3) is 0.581. The van der Waals surface area contributed by atoms with Gasteiger partial charge in [-0.05, 0) is 65.0 Å². The largest absolute Gasteiger partial charge is 0.547 e. The highest BCUT2D eigenvalue weighted by molar-refractivity contribution is 5.74. The minimum Gasteiger partial charge on any atom is -0.547 e. The summed E-state index contributed by atoms with van der Waals surface area (Å²) in [7, 11) is 8.21. The molecule has 0 spiro atoms. The Hall–Kier alpha value is -2.29. The maximum absolute atomic E-state index is 10.7. The van der Waals surface area contributed by atoms with Gasteiger partial charge < -0.3 is 34.7 Å². The van der Waals surface area contributed by atoms with E-state index in [1.165, 1.54) is 9.80 Å². The molecule has 0 radical (unpaired) electrons. The average Bonchev–Trinajstić information content (AvgIpc) is 2.87. The lowest BCUT2D eigenvalue weighted by atomic mass is 9.88. The molecule has 0 aromatic heterocycles. The maximum Gasteiger partial charge on any atom is 0.130 e. The number of aliphatic hydroxyl groups is 2. The first-order chi connectivity index (χ1) is 17.6. The third-order valence-electron chi connectivity index (χ3n) is 7.42. The summed E-state index contributed by atoms with van der Waals surface area (Å²) in [6, 6.07) is 20.0. The number of hydrogen-bond donors (Lipinski definition) is 4. The van der Waals surface area contributed by atoms with Crippen molar-refractivity contribution >= 4 is 5.97 Å². The number of carboxylic acids is 1. The molecule has 1 saturated heterocycles. The second-order valence-electron chi connectivity index (χ2n) is 11.7. The summed E-state index contributed by atoms with van der Waals surface area (Å²) in [4.78, 5) is 13.2. The lowest BCUT2D eigenvalue weighted by Crippen LogP contribution is -3.10. The summed E-state index contributed by atoms with van der Waals surface area (Å²) in [6.45, 7) is 9.50. The van der Waals surface area contributed by atoms with Gasteiger partial charge in [0.25, 0.3) is 0 Å². The van der Waals surface area contributed by atoms with Crippen molar-refractivity contribution in [1.82, 2.24) is 0 Å². The fourth-order valence-corrected chi connectivity index (χ4v) is 4.22. The molecule has 1 aliphatic rings. The molecule has 0 amide bonds. The van der Waals surface area contributed by atoms with Crippen molar-refractivity contribution in [3.8, 4) is 0 Å². The van der Waals surface area contributed by atoms with Crippen LogP contribution in [0.15, 0.2) is 60.7 Å². The van der Waals surface area contributed by atoms with E-state index >= 15 is 0 Å². The highest BCUT2D eigenvalue weighted by Crippen LogP contribution is 2.34. The number of aliphatic hydroxyl groups excluding tert-OH is 2. The molecule has 3 rings (SSSR count). The van der Waals surface area contributed by atoms with Crippen molar-refractivity contribution in [2.75, 3.05) is 28.2 Å². The van der Waals surface area contributed by atoms with Crippen LogP contribution in [0.1, 0.15) is 77.2 Å². The molecule has 2 aromatic rings. The molecule has 38 heavy (non-hydrogen) atoms. The van der Waals surface area contributed by atoms with Crippen molar-refractivity contribution in [3.63, 3.8) is 0 Å². The number of carboxylic acid groups (broad SMARTS) is 1. The second kappa shape index (κ2) is 15.3. The Kier molecular flexibility index (Phi) is 13.6. The van der Waals surface area contributed by atoms with Gasteiger partial charge >= 0.3 is 0 Å². The van der Waals surface area contributed by atoms with Gasteiger partial charge in [-0.1, -0.05) is 60.7 Å². The number of quaternary nitrogens is 2. The molecule has 5 atom stereocenters. The number of likely N-dealkylation sites (N-methyl/N-ethyl adjacent to an activating group) is 2. The predicted molar refractivity (Wildman–Crippen MR) is 150 cm³/mol. The van der Waals surface area contributed by atoms with Crippen LogP contribution in [-0.4, -0.2) is 67.7 Å². The zero-order chi connectivity index (χ0) is 29.1. The maximum atomic E-state index is 10.7. The number of carbonyl (C=O) groups is 1. The standard InChI is InChI=1S/2C11H17NO.C9H16O3/c2*1-9(12(2)3)11(13)10-7-5-4-6-8-10;1-8(2)5-4-6-9(3,12-8)7(10)11/h2*4-9,11,13H,1-3H3;4-6H2,1-3H3,(H,10,11)/p+1/t2*9-,11?;9-/m110/s1. The molecule has 214 valence electrons. The normalized spacial score (nSPS) is 21.7. The van der Waals surface area contributed by atoms with Gasteiger partial charge in [0.05, 0.1) is 39.8 Å². The van der Waals surface area contributed by atoms with Gasteiger partial charge in [-0.15, -0.1) is 0 Å². The Morgan fingerprint density at radius 1 is 0.789 bits per heavy atom. The van der Waals surface area contributed by atoms with Crippen LogP contribution in [0.2, 0.25) is 0 Å². The Balaban J connectivity index is 0.000000285. The average molecular weight is 532 g/mol. The number of rotatable bonds is 7. The van der Waals surface area contributed by atoms with E-state index in [4.69, 9.17) is 4.74 Å². The summed E-state index contributed by atoms with van der Waals surface area (Å²) < 4.78 is 5.46. The molecule has 7 heteroatoms. The van der Waals surface area contributed by atoms with Crippen molar-refractivity contribution in [1.29, 1.82) is 0 Å². The van der Waals surface area contributed by atoms with Gasteiger partial charge in [-0.3, -0.25) is 0 Å². The van der Waals surface area contributed by atoms with Crippen LogP contribution >= 0.6 is 0 Å². The minimum atomic E-state index is -1.10. The van der Waals surface area contributed by atoms with Gasteiger partial charge in [-0.25, -0.2) is 0 Å². The number of carbonyl (C=O) groups excluding carboxylic acids is 1. The molecular weight excluding hydrogens is 480 g/mol. The van der Waals surface area contributed by atoms with E-state index in [1.54, 1.807) is 6.92 Å². The number of ether oxygens (including phenoxy) is 1. The van der Waals surface area contributed by atoms with Crippen molar-refractivity contribution in [2.45, 2.75) is 89.4 Å². The Labute approximate surface area is 230 Å². The third kappa shape index (κ3) is 10.8. The molecule has 0 bridgehead atoms. The number of hydrogen-bond acceptors (Lipinski definition) is 5. The molecule has 1 aliphatic heterocycles. The lowest BCUT2D eigenvalue weighted by molar-refractivity contribution is -0.888. The van der Waals surface area contributed by atoms with Crippen LogP contribution in [0.5, 0.6) is 0 Å². The first-order valence-corrected chi connectivity index (χ1v) is 13.6. The predicted octanol–water partition coefficient (Wildman–Crippen LogP) is 0.980. The van der Waals surface area contributed by atoms with E-state index in [2.05, 4.69) is 28.2 Å². The molecule has 2 unspecified atom stereocenters. The highest BCUT2D eigenvalue weighted by Gasteiger charge is 2.38. The van der Waals surface area contributed by atoms with E-state index in [0.29, 0.717) is 6.42 Å². The highest BCUT2D eigenvalue weighted by atomic mass is 16.5. The van der Waals surface area contributed by atoms with E-state index in [0.717, 1.165) is 24.0 Å². The van der Waals surface area contributed by atoms with Crippen molar-refractivity contribution < 1.29 is 34.7 Å². The Morgan fingerprint density at radius 3 is 1.42 bits per heavy atom. The monoisotopic (exact) mass is 531 g/mol. The van der Waals surface area contributed by atoms with Crippen LogP contribution < -0.4 is 14.9 Å². The van der Waals surface area contributed by atoms with Crippen molar-refractivity contribution in [3.05, 3.63) is 71.8 Å². The summed E-state index contributed by atoms with van der Waals surface area (Å²) in [5.74, 6) is -1.10.